The number of anilines is 4. The number of nitrogen functional groups attached to an aromatic ring is 1. The smallest absolute Gasteiger partial charge is 0.159 e. The minimum Gasteiger partial charge on any atom is -0.393 e. The quantitative estimate of drug-likeness (QED) is 0.627. The molecule has 0 saturated heterocycles. The zero-order chi connectivity index (χ0) is 15.4. The van der Waals surface area contributed by atoms with E-state index in [-0.39, 0.29) is 0 Å². The van der Waals surface area contributed by atoms with E-state index in [0.717, 1.165) is 16.6 Å². The van der Waals surface area contributed by atoms with Gasteiger partial charge in [-0.3, -0.25) is 4.98 Å². The molecule has 0 aliphatic carbocycles. The predicted molar refractivity (Wildman–Crippen MR) is 90.2 cm³/mol. The SMILES string of the molecule is C=CCNc1ncnc(Nc2cccc3ncccc23)c1N. The normalized spacial score (nSPS) is 10.4. The highest BCUT2D eigenvalue weighted by atomic mass is 15.1. The summed E-state index contributed by atoms with van der Waals surface area (Å²) in [6.45, 7) is 4.24. The van der Waals surface area contributed by atoms with Gasteiger partial charge in [0.25, 0.3) is 0 Å². The lowest BCUT2D eigenvalue weighted by Crippen LogP contribution is -2.08. The van der Waals surface area contributed by atoms with E-state index in [2.05, 4.69) is 32.2 Å². The summed E-state index contributed by atoms with van der Waals surface area (Å²) in [6.07, 6.45) is 4.97. The van der Waals surface area contributed by atoms with Crippen LogP contribution in [0.15, 0.2) is 55.5 Å². The molecule has 3 aromatic rings. The van der Waals surface area contributed by atoms with Crippen LogP contribution in [-0.2, 0) is 0 Å². The summed E-state index contributed by atoms with van der Waals surface area (Å²) in [6, 6.07) is 9.75. The zero-order valence-electron chi connectivity index (χ0n) is 12.0. The zero-order valence-corrected chi connectivity index (χ0v) is 12.0. The fourth-order valence-electron chi connectivity index (χ4n) is 2.14. The molecule has 2 aromatic heterocycles. The summed E-state index contributed by atoms with van der Waals surface area (Å²) in [5.41, 5.74) is 8.38. The van der Waals surface area contributed by atoms with Crippen molar-refractivity contribution >= 4 is 33.9 Å². The van der Waals surface area contributed by atoms with Crippen LogP contribution in [0.2, 0.25) is 0 Å². The molecule has 110 valence electrons. The highest BCUT2D eigenvalue weighted by Crippen LogP contribution is 2.29. The predicted octanol–water partition coefficient (Wildman–Crippen LogP) is 2.95. The molecule has 0 aliphatic rings. The highest BCUT2D eigenvalue weighted by molar-refractivity contribution is 5.94. The first-order chi connectivity index (χ1) is 10.8. The third kappa shape index (κ3) is 2.67. The summed E-state index contributed by atoms with van der Waals surface area (Å²) in [5.74, 6) is 1.13. The minimum atomic E-state index is 0.463. The maximum Gasteiger partial charge on any atom is 0.159 e. The van der Waals surface area contributed by atoms with E-state index in [4.69, 9.17) is 5.73 Å². The molecule has 0 radical (unpaired) electrons. The van der Waals surface area contributed by atoms with Crippen molar-refractivity contribution in [3.8, 4) is 0 Å². The monoisotopic (exact) mass is 292 g/mol. The topological polar surface area (TPSA) is 88.8 Å². The van der Waals surface area contributed by atoms with E-state index in [0.29, 0.717) is 23.9 Å². The maximum absolute atomic E-state index is 6.12. The fraction of sp³-hybridized carbons (Fsp3) is 0.0625. The molecular formula is C16H16N6. The number of nitrogens with one attached hydrogen (secondary N) is 2. The van der Waals surface area contributed by atoms with Crippen molar-refractivity contribution in [1.82, 2.24) is 15.0 Å². The number of aromatic nitrogens is 3. The molecular weight excluding hydrogens is 276 g/mol. The van der Waals surface area contributed by atoms with Crippen LogP contribution in [0.25, 0.3) is 10.9 Å². The van der Waals surface area contributed by atoms with Gasteiger partial charge in [-0.05, 0) is 24.3 Å². The first kappa shape index (κ1) is 13.8. The van der Waals surface area contributed by atoms with Crippen LogP contribution in [0.4, 0.5) is 23.0 Å². The molecule has 0 bridgehead atoms. The molecule has 0 amide bonds. The molecule has 0 spiro atoms. The molecule has 2 heterocycles. The van der Waals surface area contributed by atoms with Gasteiger partial charge in [0.15, 0.2) is 11.6 Å². The molecule has 22 heavy (non-hydrogen) atoms. The van der Waals surface area contributed by atoms with Gasteiger partial charge in [0.2, 0.25) is 0 Å². The molecule has 6 nitrogen and oxygen atoms in total. The van der Waals surface area contributed by atoms with Gasteiger partial charge in [-0.25, -0.2) is 9.97 Å². The van der Waals surface area contributed by atoms with E-state index in [1.807, 2.05) is 30.3 Å². The first-order valence-electron chi connectivity index (χ1n) is 6.85. The van der Waals surface area contributed by atoms with Crippen molar-refractivity contribution in [3.05, 3.63) is 55.5 Å². The van der Waals surface area contributed by atoms with Gasteiger partial charge in [-0.15, -0.1) is 6.58 Å². The number of rotatable bonds is 5. The Hall–Kier alpha value is -3.15. The van der Waals surface area contributed by atoms with Crippen LogP contribution in [0.1, 0.15) is 0 Å². The Morgan fingerprint density at radius 3 is 2.82 bits per heavy atom. The molecule has 0 saturated carbocycles. The first-order valence-corrected chi connectivity index (χ1v) is 6.85. The largest absolute Gasteiger partial charge is 0.393 e. The maximum atomic E-state index is 6.12. The summed E-state index contributed by atoms with van der Waals surface area (Å²) >= 11 is 0. The summed E-state index contributed by atoms with van der Waals surface area (Å²) in [4.78, 5) is 12.7. The molecule has 0 fully saturated rings. The number of fused-ring (bicyclic) bond motifs is 1. The van der Waals surface area contributed by atoms with E-state index in [9.17, 15) is 0 Å². The fourth-order valence-corrected chi connectivity index (χ4v) is 2.14. The Morgan fingerprint density at radius 1 is 1.09 bits per heavy atom. The van der Waals surface area contributed by atoms with Crippen LogP contribution < -0.4 is 16.4 Å². The number of hydrogen-bond donors (Lipinski definition) is 3. The molecule has 0 aliphatic heterocycles. The van der Waals surface area contributed by atoms with E-state index in [1.54, 1.807) is 12.3 Å². The van der Waals surface area contributed by atoms with Gasteiger partial charge in [0.05, 0.1) is 5.52 Å². The number of nitrogens with two attached hydrogens (primary N) is 1. The summed E-state index contributed by atoms with van der Waals surface area (Å²) < 4.78 is 0. The van der Waals surface area contributed by atoms with E-state index >= 15 is 0 Å². The Bertz CT molecular complexity index is 809. The number of hydrogen-bond acceptors (Lipinski definition) is 6. The van der Waals surface area contributed by atoms with Gasteiger partial charge >= 0.3 is 0 Å². The van der Waals surface area contributed by atoms with Crippen molar-refractivity contribution < 1.29 is 0 Å². The van der Waals surface area contributed by atoms with Crippen molar-refractivity contribution in [2.75, 3.05) is 22.9 Å². The van der Waals surface area contributed by atoms with Crippen molar-refractivity contribution in [2.45, 2.75) is 0 Å². The molecule has 3 rings (SSSR count). The number of pyridine rings is 1. The van der Waals surface area contributed by atoms with Crippen LogP contribution in [-0.4, -0.2) is 21.5 Å². The average Bonchev–Trinajstić information content (AvgIpc) is 2.56. The van der Waals surface area contributed by atoms with Crippen LogP contribution in [0, 0.1) is 0 Å². The van der Waals surface area contributed by atoms with Crippen molar-refractivity contribution in [2.24, 2.45) is 0 Å². The summed E-state index contributed by atoms with van der Waals surface area (Å²) in [7, 11) is 0. The van der Waals surface area contributed by atoms with Gasteiger partial charge in [-0.2, -0.15) is 0 Å². The Labute approximate surface area is 128 Å². The number of nitrogens with zero attached hydrogens (tertiary/aromatic N) is 3. The molecule has 6 heteroatoms. The van der Waals surface area contributed by atoms with Gasteiger partial charge < -0.3 is 16.4 Å². The van der Waals surface area contributed by atoms with Gasteiger partial charge in [0.1, 0.15) is 12.0 Å². The standard InChI is InChI=1S/C16H16N6/c1-2-8-19-15-14(17)16(21-10-20-15)22-13-7-3-6-12-11(13)5-4-9-18-12/h2-7,9-10H,1,8,17H2,(H2,19,20,21,22). The number of benzene rings is 1. The second-order valence-corrected chi connectivity index (χ2v) is 4.65. The lowest BCUT2D eigenvalue weighted by Gasteiger charge is -2.13. The molecule has 0 unspecified atom stereocenters. The second-order valence-electron chi connectivity index (χ2n) is 4.65. The Morgan fingerprint density at radius 2 is 1.95 bits per heavy atom. The van der Waals surface area contributed by atoms with Crippen molar-refractivity contribution in [3.63, 3.8) is 0 Å². The van der Waals surface area contributed by atoms with Gasteiger partial charge in [0, 0.05) is 23.8 Å². The minimum absolute atomic E-state index is 0.463. The van der Waals surface area contributed by atoms with Gasteiger partial charge in [-0.1, -0.05) is 12.1 Å². The Kier molecular flexibility index (Phi) is 3.82. The van der Waals surface area contributed by atoms with Crippen LogP contribution >= 0.6 is 0 Å². The molecule has 0 atom stereocenters. The van der Waals surface area contributed by atoms with Crippen LogP contribution in [0.5, 0.6) is 0 Å². The summed E-state index contributed by atoms with van der Waals surface area (Å²) in [5, 5.41) is 7.33. The second kappa shape index (κ2) is 6.09. The lowest BCUT2D eigenvalue weighted by atomic mass is 10.2. The molecule has 4 N–H and O–H groups in total. The van der Waals surface area contributed by atoms with Crippen LogP contribution in [0.3, 0.4) is 0 Å². The Balaban J connectivity index is 1.97. The van der Waals surface area contributed by atoms with E-state index < -0.39 is 0 Å². The van der Waals surface area contributed by atoms with Crippen molar-refractivity contribution in [1.29, 1.82) is 0 Å². The third-order valence-electron chi connectivity index (χ3n) is 3.20. The van der Waals surface area contributed by atoms with E-state index in [1.165, 1.54) is 6.33 Å². The highest BCUT2D eigenvalue weighted by Gasteiger charge is 2.09. The molecule has 1 aromatic carbocycles. The third-order valence-corrected chi connectivity index (χ3v) is 3.20. The average molecular weight is 292 g/mol. The lowest BCUT2D eigenvalue weighted by molar-refractivity contribution is 1.15.